The molecule has 0 aliphatic heterocycles. The number of nitrogens with zero attached hydrogens (tertiary/aromatic N) is 2. The normalized spacial score (nSPS) is 11.5. The second-order valence-electron chi connectivity index (χ2n) is 15.1. The molecule has 0 bridgehead atoms. The summed E-state index contributed by atoms with van der Waals surface area (Å²) in [5.41, 5.74) is 0. The van der Waals surface area contributed by atoms with Crippen molar-refractivity contribution in [3.05, 3.63) is 0 Å². The Morgan fingerprint density at radius 2 is 0.638 bits per heavy atom. The third-order valence-corrected chi connectivity index (χ3v) is 9.42. The van der Waals surface area contributed by atoms with E-state index in [0.29, 0.717) is 26.1 Å². The molecule has 0 heterocycles. The van der Waals surface area contributed by atoms with Crippen LogP contribution in [0.3, 0.4) is 0 Å². The molecule has 0 aliphatic rings. The molecule has 0 N–H and O–H groups in total. The summed E-state index contributed by atoms with van der Waals surface area (Å²) in [6, 6.07) is 0. The van der Waals surface area contributed by atoms with Crippen molar-refractivity contribution in [1.82, 2.24) is 0 Å². The molecule has 0 aromatic carbocycles. The molecular weight excluding hydrogens is 720 g/mol. The third kappa shape index (κ3) is 38.5. The van der Waals surface area contributed by atoms with E-state index in [4.69, 9.17) is 9.47 Å². The molecule has 0 saturated carbocycles. The quantitative estimate of drug-likeness (QED) is 0.0562. The second-order valence-corrected chi connectivity index (χ2v) is 15.1. The van der Waals surface area contributed by atoms with Crippen molar-refractivity contribution in [2.75, 3.05) is 67.6 Å². The predicted molar refractivity (Wildman–Crippen MR) is 192 cm³/mol. The predicted octanol–water partition coefficient (Wildman–Crippen LogP) is 4.03. The highest BCUT2D eigenvalue weighted by atomic mass is 79.9. The first-order valence-electron chi connectivity index (χ1n) is 19.6. The maximum atomic E-state index is 12.2. The molecular formula is C39H80Br2N2O4. The van der Waals surface area contributed by atoms with E-state index >= 15 is 0 Å². The summed E-state index contributed by atoms with van der Waals surface area (Å²) in [5.74, 6) is -0.224. The Kier molecular flexibility index (Phi) is 38.8. The van der Waals surface area contributed by atoms with Crippen LogP contribution in [-0.4, -0.2) is 88.5 Å². The molecule has 0 rings (SSSR count). The average molecular weight is 801 g/mol. The number of carbonyl (C=O) groups excluding carboxylic acids is 2. The van der Waals surface area contributed by atoms with E-state index in [1.165, 1.54) is 128 Å². The van der Waals surface area contributed by atoms with Crippen molar-refractivity contribution in [2.45, 2.75) is 174 Å². The number of carbonyl (C=O) groups is 2. The molecule has 0 spiro atoms. The highest BCUT2D eigenvalue weighted by Gasteiger charge is 2.17. The highest BCUT2D eigenvalue weighted by molar-refractivity contribution is 5.69. The van der Waals surface area contributed by atoms with Gasteiger partial charge in [-0.15, -0.1) is 0 Å². The van der Waals surface area contributed by atoms with Crippen LogP contribution in [0.1, 0.15) is 174 Å². The van der Waals surface area contributed by atoms with Crippen LogP contribution in [0.2, 0.25) is 0 Å². The molecule has 47 heavy (non-hydrogen) atoms. The van der Waals surface area contributed by atoms with Crippen molar-refractivity contribution in [3.8, 4) is 0 Å². The standard InChI is InChI=1S/C39H80N2O4.2BrH/c1-7-9-11-13-15-17-19-21-23-28-32-40(3,4)34-36-44-38(42)30-26-25-27-31-39(43)45-37-35-41(5,6)33-29-24-22-20-18-16-14-12-10-8-2;;/h7-37H2,1-6H3;2*1H/q+2;;/p-2. The van der Waals surface area contributed by atoms with E-state index < -0.39 is 0 Å². The zero-order chi connectivity index (χ0) is 33.5. The Morgan fingerprint density at radius 3 is 0.936 bits per heavy atom. The van der Waals surface area contributed by atoms with Gasteiger partial charge in [0.15, 0.2) is 0 Å². The van der Waals surface area contributed by atoms with Gasteiger partial charge in [0.2, 0.25) is 0 Å². The number of unbranched alkanes of at least 4 members (excludes halogenated alkanes) is 20. The minimum atomic E-state index is -0.112. The lowest BCUT2D eigenvalue weighted by atomic mass is 10.1. The molecule has 0 amide bonds. The van der Waals surface area contributed by atoms with Gasteiger partial charge < -0.3 is 52.4 Å². The molecule has 0 aromatic rings. The molecule has 0 fully saturated rings. The second kappa shape index (κ2) is 35.6. The maximum Gasteiger partial charge on any atom is 0.305 e. The smallest absolute Gasteiger partial charge is 0.305 e. The van der Waals surface area contributed by atoms with Gasteiger partial charge in [-0.3, -0.25) is 9.59 Å². The fraction of sp³-hybridized carbons (Fsp3) is 0.949. The summed E-state index contributed by atoms with van der Waals surface area (Å²) >= 11 is 0. The Morgan fingerprint density at radius 1 is 0.383 bits per heavy atom. The van der Waals surface area contributed by atoms with Gasteiger partial charge in [-0.25, -0.2) is 0 Å². The van der Waals surface area contributed by atoms with Crippen molar-refractivity contribution >= 4 is 11.9 Å². The molecule has 0 saturated heterocycles. The number of likely N-dealkylation sites (N-methyl/N-ethyl adjacent to an activating group) is 2. The number of quaternary nitrogens is 2. The van der Waals surface area contributed by atoms with Crippen LogP contribution in [0, 0.1) is 0 Å². The van der Waals surface area contributed by atoms with Gasteiger partial charge in [0, 0.05) is 12.8 Å². The molecule has 0 unspecified atom stereocenters. The van der Waals surface area contributed by atoms with E-state index in [0.717, 1.165) is 54.4 Å². The number of rotatable bonds is 34. The first kappa shape index (κ1) is 51.2. The van der Waals surface area contributed by atoms with Crippen molar-refractivity contribution in [3.63, 3.8) is 0 Å². The lowest BCUT2D eigenvalue weighted by Gasteiger charge is -2.29. The summed E-state index contributed by atoms with van der Waals surface area (Å²) < 4.78 is 12.8. The van der Waals surface area contributed by atoms with E-state index in [-0.39, 0.29) is 45.9 Å². The Balaban J connectivity index is -0.00000968. The molecule has 284 valence electrons. The van der Waals surface area contributed by atoms with Gasteiger partial charge in [0.1, 0.15) is 26.3 Å². The fourth-order valence-corrected chi connectivity index (χ4v) is 5.95. The van der Waals surface area contributed by atoms with E-state index in [1.54, 1.807) is 0 Å². The third-order valence-electron chi connectivity index (χ3n) is 9.42. The van der Waals surface area contributed by atoms with Gasteiger partial charge in [0.25, 0.3) is 0 Å². The van der Waals surface area contributed by atoms with Crippen LogP contribution in [0.15, 0.2) is 0 Å². The Hall–Kier alpha value is -0.180. The summed E-state index contributed by atoms with van der Waals surface area (Å²) in [5, 5.41) is 0. The minimum absolute atomic E-state index is 0. The summed E-state index contributed by atoms with van der Waals surface area (Å²) in [4.78, 5) is 24.3. The highest BCUT2D eigenvalue weighted by Crippen LogP contribution is 2.13. The maximum absolute atomic E-state index is 12.2. The first-order valence-corrected chi connectivity index (χ1v) is 19.6. The summed E-state index contributed by atoms with van der Waals surface area (Å²) in [6.45, 7) is 9.53. The average Bonchev–Trinajstić information content (AvgIpc) is 2.98. The van der Waals surface area contributed by atoms with Crippen molar-refractivity contribution in [2.24, 2.45) is 0 Å². The number of ether oxygens (including phenoxy) is 2. The first-order chi connectivity index (χ1) is 21.6. The van der Waals surface area contributed by atoms with Crippen LogP contribution < -0.4 is 34.0 Å². The number of halogens is 2. The van der Waals surface area contributed by atoms with Gasteiger partial charge >= 0.3 is 11.9 Å². The summed E-state index contributed by atoms with van der Waals surface area (Å²) in [7, 11) is 8.94. The molecule has 0 radical (unpaired) electrons. The fourth-order valence-electron chi connectivity index (χ4n) is 5.95. The molecule has 6 nitrogen and oxygen atoms in total. The number of esters is 2. The van der Waals surface area contributed by atoms with Crippen LogP contribution in [0.4, 0.5) is 0 Å². The van der Waals surface area contributed by atoms with E-state index in [1.807, 2.05) is 0 Å². The van der Waals surface area contributed by atoms with Crippen molar-refractivity contribution in [1.29, 1.82) is 0 Å². The molecule has 8 heteroatoms. The number of hydrogen-bond donors (Lipinski definition) is 0. The lowest BCUT2D eigenvalue weighted by Crippen LogP contribution is -3.00. The van der Waals surface area contributed by atoms with Gasteiger partial charge in [-0.1, -0.05) is 123 Å². The SMILES string of the molecule is CCCCCCCCCCCC[N+](C)(C)CCOC(=O)CCCCCC(=O)OCC[N+](C)(C)CCCCCCCCCCCC.[Br-].[Br-]. The largest absolute Gasteiger partial charge is 1.00 e. The van der Waals surface area contributed by atoms with Gasteiger partial charge in [-0.05, 0) is 38.5 Å². The molecule has 0 aliphatic carbocycles. The van der Waals surface area contributed by atoms with Crippen LogP contribution in [0.5, 0.6) is 0 Å². The molecule has 0 aromatic heterocycles. The number of hydrogen-bond acceptors (Lipinski definition) is 4. The zero-order valence-corrected chi connectivity index (χ0v) is 35.4. The topological polar surface area (TPSA) is 52.6 Å². The monoisotopic (exact) mass is 798 g/mol. The van der Waals surface area contributed by atoms with Gasteiger partial charge in [0.05, 0.1) is 41.3 Å². The minimum Gasteiger partial charge on any atom is -1.00 e. The van der Waals surface area contributed by atoms with Crippen LogP contribution in [-0.2, 0) is 19.1 Å². The Labute approximate surface area is 314 Å². The summed E-state index contributed by atoms with van der Waals surface area (Å²) in [6.07, 6.45) is 30.4. The molecule has 0 atom stereocenters. The van der Waals surface area contributed by atoms with Crippen LogP contribution >= 0.6 is 0 Å². The van der Waals surface area contributed by atoms with E-state index in [2.05, 4.69) is 42.0 Å². The van der Waals surface area contributed by atoms with Crippen molar-refractivity contribution < 1.29 is 62.0 Å². The van der Waals surface area contributed by atoms with E-state index in [9.17, 15) is 9.59 Å². The van der Waals surface area contributed by atoms with Crippen LogP contribution in [0.25, 0.3) is 0 Å². The lowest BCUT2D eigenvalue weighted by molar-refractivity contribution is -0.890. The zero-order valence-electron chi connectivity index (χ0n) is 32.2. The Bertz CT molecular complexity index is 636. The van der Waals surface area contributed by atoms with Gasteiger partial charge in [-0.2, -0.15) is 0 Å².